The molecule has 2 aromatic carbocycles. The molecule has 1 heterocycles. The SMILES string of the molecule is CSc1ccc(CC(=O)N2CCN(C(=O)c3cccc(F)c3)CC2)cc1. The average Bonchev–Trinajstić information content (AvgIpc) is 2.68. The summed E-state index contributed by atoms with van der Waals surface area (Å²) in [5, 5.41) is 0. The smallest absolute Gasteiger partial charge is 0.254 e. The lowest BCUT2D eigenvalue weighted by atomic mass is 10.1. The van der Waals surface area contributed by atoms with Gasteiger partial charge in [0.15, 0.2) is 0 Å². The van der Waals surface area contributed by atoms with Crippen LogP contribution in [-0.4, -0.2) is 54.0 Å². The molecule has 0 aromatic heterocycles. The van der Waals surface area contributed by atoms with Crippen LogP contribution in [0.3, 0.4) is 0 Å². The van der Waals surface area contributed by atoms with Gasteiger partial charge < -0.3 is 9.80 Å². The van der Waals surface area contributed by atoms with Gasteiger partial charge in [-0.2, -0.15) is 0 Å². The summed E-state index contributed by atoms with van der Waals surface area (Å²) >= 11 is 1.67. The predicted octanol–water partition coefficient (Wildman–Crippen LogP) is 3.07. The first-order valence-electron chi connectivity index (χ1n) is 8.52. The highest BCUT2D eigenvalue weighted by Gasteiger charge is 2.25. The van der Waals surface area contributed by atoms with Crippen molar-refractivity contribution in [1.82, 2.24) is 9.80 Å². The van der Waals surface area contributed by atoms with E-state index in [9.17, 15) is 14.0 Å². The maximum Gasteiger partial charge on any atom is 0.254 e. The fourth-order valence-electron chi connectivity index (χ4n) is 2.99. The van der Waals surface area contributed by atoms with Crippen LogP contribution in [-0.2, 0) is 11.2 Å². The highest BCUT2D eigenvalue weighted by atomic mass is 32.2. The van der Waals surface area contributed by atoms with Gasteiger partial charge in [0.1, 0.15) is 5.82 Å². The van der Waals surface area contributed by atoms with Crippen molar-refractivity contribution in [2.75, 3.05) is 32.4 Å². The van der Waals surface area contributed by atoms with Crippen molar-refractivity contribution in [3.63, 3.8) is 0 Å². The lowest BCUT2D eigenvalue weighted by molar-refractivity contribution is -0.131. The molecule has 2 amide bonds. The standard InChI is InChI=1S/C20H21FN2O2S/c1-26-18-7-5-15(6-8-18)13-19(24)22-9-11-23(12-10-22)20(25)16-3-2-4-17(21)14-16/h2-8,14H,9-13H2,1H3. The second-order valence-corrected chi connectivity index (χ2v) is 7.09. The molecule has 6 heteroatoms. The largest absolute Gasteiger partial charge is 0.339 e. The first kappa shape index (κ1) is 18.5. The summed E-state index contributed by atoms with van der Waals surface area (Å²) in [6, 6.07) is 13.7. The second-order valence-electron chi connectivity index (χ2n) is 6.21. The molecule has 3 rings (SSSR count). The number of thioether (sulfide) groups is 1. The van der Waals surface area contributed by atoms with Crippen LogP contribution in [0.2, 0.25) is 0 Å². The van der Waals surface area contributed by atoms with Crippen molar-refractivity contribution < 1.29 is 14.0 Å². The number of nitrogens with zero attached hydrogens (tertiary/aromatic N) is 2. The molecule has 1 aliphatic heterocycles. The molecule has 0 bridgehead atoms. The van der Waals surface area contributed by atoms with Crippen LogP contribution in [0.4, 0.5) is 4.39 Å². The monoisotopic (exact) mass is 372 g/mol. The molecule has 1 saturated heterocycles. The number of carbonyl (C=O) groups excluding carboxylic acids is 2. The lowest BCUT2D eigenvalue weighted by Crippen LogP contribution is -2.51. The van der Waals surface area contributed by atoms with E-state index in [2.05, 4.69) is 0 Å². The Morgan fingerprint density at radius 1 is 1.00 bits per heavy atom. The van der Waals surface area contributed by atoms with Gasteiger partial charge >= 0.3 is 0 Å². The van der Waals surface area contributed by atoms with Gasteiger partial charge in [-0.1, -0.05) is 18.2 Å². The molecule has 2 aromatic rings. The Morgan fingerprint density at radius 3 is 2.27 bits per heavy atom. The maximum absolute atomic E-state index is 13.3. The quantitative estimate of drug-likeness (QED) is 0.775. The molecule has 0 saturated carbocycles. The van der Waals surface area contributed by atoms with E-state index in [4.69, 9.17) is 0 Å². The van der Waals surface area contributed by atoms with E-state index in [-0.39, 0.29) is 11.8 Å². The number of halogens is 1. The van der Waals surface area contributed by atoms with Gasteiger partial charge in [-0.15, -0.1) is 11.8 Å². The Balaban J connectivity index is 1.54. The van der Waals surface area contributed by atoms with Crippen molar-refractivity contribution >= 4 is 23.6 Å². The minimum Gasteiger partial charge on any atom is -0.339 e. The summed E-state index contributed by atoms with van der Waals surface area (Å²) in [5.74, 6) is -0.541. The van der Waals surface area contributed by atoms with Gasteiger partial charge in [0.2, 0.25) is 5.91 Å². The number of hydrogen-bond donors (Lipinski definition) is 0. The van der Waals surface area contributed by atoms with Crippen LogP contribution >= 0.6 is 11.8 Å². The summed E-state index contributed by atoms with van der Waals surface area (Å²) in [6.45, 7) is 1.94. The van der Waals surface area contributed by atoms with Gasteiger partial charge in [0, 0.05) is 36.6 Å². The van der Waals surface area contributed by atoms with Crippen LogP contribution in [0.5, 0.6) is 0 Å². The molecular formula is C20H21FN2O2S. The van der Waals surface area contributed by atoms with Crippen molar-refractivity contribution in [2.24, 2.45) is 0 Å². The second kappa shape index (κ2) is 8.36. The molecule has 0 unspecified atom stereocenters. The molecule has 0 spiro atoms. The molecule has 0 radical (unpaired) electrons. The lowest BCUT2D eigenvalue weighted by Gasteiger charge is -2.35. The summed E-state index contributed by atoms with van der Waals surface area (Å²) in [4.78, 5) is 29.5. The van der Waals surface area contributed by atoms with E-state index in [1.54, 1.807) is 27.6 Å². The van der Waals surface area contributed by atoms with Crippen LogP contribution in [0.15, 0.2) is 53.4 Å². The molecule has 1 aliphatic rings. The van der Waals surface area contributed by atoms with E-state index in [0.29, 0.717) is 38.2 Å². The van der Waals surface area contributed by atoms with E-state index < -0.39 is 5.82 Å². The van der Waals surface area contributed by atoms with Crippen molar-refractivity contribution in [1.29, 1.82) is 0 Å². The van der Waals surface area contributed by atoms with Gasteiger partial charge in [-0.3, -0.25) is 9.59 Å². The van der Waals surface area contributed by atoms with E-state index >= 15 is 0 Å². The molecule has 136 valence electrons. The molecule has 4 nitrogen and oxygen atoms in total. The highest BCUT2D eigenvalue weighted by molar-refractivity contribution is 7.98. The number of hydrogen-bond acceptors (Lipinski definition) is 3. The topological polar surface area (TPSA) is 40.6 Å². The Bertz CT molecular complexity index is 787. The highest BCUT2D eigenvalue weighted by Crippen LogP contribution is 2.16. The normalized spacial score (nSPS) is 14.4. The number of benzene rings is 2. The summed E-state index contributed by atoms with van der Waals surface area (Å²) in [6.07, 6.45) is 2.39. The average molecular weight is 372 g/mol. The fourth-order valence-corrected chi connectivity index (χ4v) is 3.40. The van der Waals surface area contributed by atoms with Crippen molar-refractivity contribution in [3.8, 4) is 0 Å². The van der Waals surface area contributed by atoms with Crippen LogP contribution < -0.4 is 0 Å². The zero-order valence-corrected chi connectivity index (χ0v) is 15.5. The number of rotatable bonds is 4. The zero-order valence-electron chi connectivity index (χ0n) is 14.7. The molecular weight excluding hydrogens is 351 g/mol. The number of amides is 2. The van der Waals surface area contributed by atoms with Gasteiger partial charge in [0.05, 0.1) is 6.42 Å². The van der Waals surface area contributed by atoms with E-state index in [0.717, 1.165) is 5.56 Å². The maximum atomic E-state index is 13.3. The first-order valence-corrected chi connectivity index (χ1v) is 9.75. The predicted molar refractivity (Wildman–Crippen MR) is 101 cm³/mol. The molecule has 0 N–H and O–H groups in total. The fraction of sp³-hybridized carbons (Fsp3) is 0.300. The van der Waals surface area contributed by atoms with E-state index in [1.165, 1.54) is 23.1 Å². The van der Waals surface area contributed by atoms with Crippen molar-refractivity contribution in [2.45, 2.75) is 11.3 Å². The minimum absolute atomic E-state index is 0.0692. The molecule has 26 heavy (non-hydrogen) atoms. The Hall–Kier alpha value is -2.34. The third kappa shape index (κ3) is 4.43. The Morgan fingerprint density at radius 2 is 1.65 bits per heavy atom. The van der Waals surface area contributed by atoms with Crippen LogP contribution in [0.25, 0.3) is 0 Å². The minimum atomic E-state index is -0.419. The summed E-state index contributed by atoms with van der Waals surface area (Å²) in [7, 11) is 0. The summed E-state index contributed by atoms with van der Waals surface area (Å²) in [5.41, 5.74) is 1.34. The van der Waals surface area contributed by atoms with Crippen LogP contribution in [0, 0.1) is 5.82 Å². The Labute approximate surface area is 157 Å². The van der Waals surface area contributed by atoms with Gasteiger partial charge in [-0.05, 0) is 42.2 Å². The Kier molecular flexibility index (Phi) is 5.93. The zero-order chi connectivity index (χ0) is 18.5. The van der Waals surface area contributed by atoms with Gasteiger partial charge in [0.25, 0.3) is 5.91 Å². The van der Waals surface area contributed by atoms with E-state index in [1.807, 2.05) is 30.5 Å². The summed E-state index contributed by atoms with van der Waals surface area (Å²) < 4.78 is 13.3. The molecule has 0 aliphatic carbocycles. The molecule has 0 atom stereocenters. The van der Waals surface area contributed by atoms with Gasteiger partial charge in [-0.25, -0.2) is 4.39 Å². The number of piperazine rings is 1. The van der Waals surface area contributed by atoms with Crippen molar-refractivity contribution in [3.05, 3.63) is 65.5 Å². The third-order valence-electron chi connectivity index (χ3n) is 4.51. The number of carbonyl (C=O) groups is 2. The molecule has 1 fully saturated rings. The third-order valence-corrected chi connectivity index (χ3v) is 5.25. The van der Waals surface area contributed by atoms with Crippen LogP contribution in [0.1, 0.15) is 15.9 Å². The first-order chi connectivity index (χ1) is 12.6.